The number of rotatable bonds is 9. The van der Waals surface area contributed by atoms with E-state index in [4.69, 9.17) is 0 Å². The van der Waals surface area contributed by atoms with Crippen molar-refractivity contribution in [2.45, 2.75) is 64.7 Å². The van der Waals surface area contributed by atoms with Crippen molar-refractivity contribution in [3.8, 4) is 22.3 Å². The Kier molecular flexibility index (Phi) is 6.27. The van der Waals surface area contributed by atoms with E-state index in [9.17, 15) is 0 Å². The highest BCUT2D eigenvalue weighted by molar-refractivity contribution is 5.84. The first kappa shape index (κ1) is 19.0. The number of aryl methyl sites for hydroxylation is 1. The van der Waals surface area contributed by atoms with Crippen molar-refractivity contribution in [3.63, 3.8) is 0 Å². The predicted octanol–water partition coefficient (Wildman–Crippen LogP) is 8.22. The fourth-order valence-corrected chi connectivity index (χ4v) is 4.56. The Hall–Kier alpha value is -2.34. The Labute approximate surface area is 170 Å². The Morgan fingerprint density at radius 3 is 2.11 bits per heavy atom. The summed E-state index contributed by atoms with van der Waals surface area (Å²) in [4.78, 5) is 0. The number of hydrogen-bond acceptors (Lipinski definition) is 0. The van der Waals surface area contributed by atoms with Crippen molar-refractivity contribution >= 4 is 0 Å². The lowest BCUT2D eigenvalue weighted by atomic mass is 9.94. The van der Waals surface area contributed by atoms with Gasteiger partial charge >= 0.3 is 0 Å². The molecular weight excluding hydrogens is 336 g/mol. The molecule has 28 heavy (non-hydrogen) atoms. The molecule has 144 valence electrons. The minimum Gasteiger partial charge on any atom is -0.0654 e. The fraction of sp³-hybridized carbons (Fsp3) is 0.357. The molecule has 0 heterocycles. The second-order valence-electron chi connectivity index (χ2n) is 8.23. The summed E-state index contributed by atoms with van der Waals surface area (Å²) in [5, 5.41) is 0. The van der Waals surface area contributed by atoms with Gasteiger partial charge in [0.1, 0.15) is 0 Å². The Bertz CT molecular complexity index is 902. The summed E-state index contributed by atoms with van der Waals surface area (Å²) in [6.45, 7) is 2.28. The second-order valence-corrected chi connectivity index (χ2v) is 8.23. The summed E-state index contributed by atoms with van der Waals surface area (Å²) in [5.74, 6) is 0. The van der Waals surface area contributed by atoms with Gasteiger partial charge in [0.2, 0.25) is 0 Å². The van der Waals surface area contributed by atoms with E-state index in [0.29, 0.717) is 0 Å². The molecule has 0 N–H and O–H groups in total. The zero-order chi connectivity index (χ0) is 19.2. The lowest BCUT2D eigenvalue weighted by molar-refractivity contribution is 0.589. The summed E-state index contributed by atoms with van der Waals surface area (Å²) in [5.41, 5.74) is 10.0. The zero-order valence-corrected chi connectivity index (χ0v) is 17.2. The van der Waals surface area contributed by atoms with Crippen LogP contribution in [0.1, 0.15) is 68.6 Å². The van der Waals surface area contributed by atoms with E-state index in [-0.39, 0.29) is 0 Å². The molecule has 3 aromatic carbocycles. The maximum absolute atomic E-state index is 2.34. The predicted molar refractivity (Wildman–Crippen MR) is 122 cm³/mol. The highest BCUT2D eigenvalue weighted by atomic mass is 14.2. The third kappa shape index (κ3) is 4.22. The highest BCUT2D eigenvalue weighted by Gasteiger charge is 2.20. The quantitative estimate of drug-likeness (QED) is 0.261. The van der Waals surface area contributed by atoms with E-state index >= 15 is 0 Å². The van der Waals surface area contributed by atoms with Crippen LogP contribution in [0.2, 0.25) is 0 Å². The summed E-state index contributed by atoms with van der Waals surface area (Å²) in [6.07, 6.45) is 11.9. The van der Waals surface area contributed by atoms with Crippen molar-refractivity contribution in [3.05, 3.63) is 83.4 Å². The highest BCUT2D eigenvalue weighted by Crippen LogP contribution is 2.41. The van der Waals surface area contributed by atoms with Crippen LogP contribution in [0.25, 0.3) is 22.3 Å². The Morgan fingerprint density at radius 1 is 0.607 bits per heavy atom. The molecule has 0 aromatic heterocycles. The molecule has 0 saturated heterocycles. The number of unbranched alkanes of at least 4 members (excludes halogenated alkanes) is 6. The summed E-state index contributed by atoms with van der Waals surface area (Å²) < 4.78 is 0. The monoisotopic (exact) mass is 368 g/mol. The van der Waals surface area contributed by atoms with Gasteiger partial charge in [-0.2, -0.15) is 0 Å². The minimum absolute atomic E-state index is 1.06. The molecule has 1 aliphatic rings. The first-order chi connectivity index (χ1) is 13.9. The van der Waals surface area contributed by atoms with Gasteiger partial charge in [0.25, 0.3) is 0 Å². The van der Waals surface area contributed by atoms with Crippen LogP contribution >= 0.6 is 0 Å². The topological polar surface area (TPSA) is 0 Å². The van der Waals surface area contributed by atoms with Crippen LogP contribution in [-0.2, 0) is 12.8 Å². The van der Waals surface area contributed by atoms with Crippen molar-refractivity contribution in [2.24, 2.45) is 0 Å². The summed E-state index contributed by atoms with van der Waals surface area (Å²) in [6, 6.07) is 25.0. The van der Waals surface area contributed by atoms with E-state index in [1.807, 2.05) is 0 Å². The van der Waals surface area contributed by atoms with Gasteiger partial charge in [0, 0.05) is 0 Å². The minimum atomic E-state index is 1.06. The third-order valence-electron chi connectivity index (χ3n) is 6.18. The molecule has 0 amide bonds. The molecule has 1 aliphatic carbocycles. The standard InChI is InChI=1S/C28H32/c1-2-3-4-5-6-7-8-12-22-17-19-23(20-18-22)25-15-11-16-27-26-14-10-9-13-24(26)21-28(25)27/h9-11,13-20H,2-8,12,21H2,1H3. The summed E-state index contributed by atoms with van der Waals surface area (Å²) in [7, 11) is 0. The number of benzene rings is 3. The maximum atomic E-state index is 2.34. The van der Waals surface area contributed by atoms with Gasteiger partial charge in [0.05, 0.1) is 0 Å². The van der Waals surface area contributed by atoms with Crippen LogP contribution in [0.4, 0.5) is 0 Å². The van der Waals surface area contributed by atoms with Gasteiger partial charge in [-0.1, -0.05) is 112 Å². The van der Waals surface area contributed by atoms with Crippen LogP contribution in [0, 0.1) is 0 Å². The van der Waals surface area contributed by atoms with Gasteiger partial charge in [0.15, 0.2) is 0 Å². The van der Waals surface area contributed by atoms with Gasteiger partial charge in [-0.15, -0.1) is 0 Å². The Balaban J connectivity index is 1.39. The average molecular weight is 369 g/mol. The molecule has 4 rings (SSSR count). The van der Waals surface area contributed by atoms with Crippen LogP contribution in [0.5, 0.6) is 0 Å². The van der Waals surface area contributed by atoms with Gasteiger partial charge in [-0.05, 0) is 58.2 Å². The molecule has 0 radical (unpaired) electrons. The molecule has 0 saturated carbocycles. The van der Waals surface area contributed by atoms with Crippen LogP contribution in [0.3, 0.4) is 0 Å². The molecule has 0 atom stereocenters. The zero-order valence-electron chi connectivity index (χ0n) is 17.2. The van der Waals surface area contributed by atoms with E-state index in [1.54, 1.807) is 0 Å². The lowest BCUT2D eigenvalue weighted by Crippen LogP contribution is -1.90. The smallest absolute Gasteiger partial charge is 0.000729 e. The SMILES string of the molecule is CCCCCCCCCc1ccc(-c2cccc3c2Cc2ccccc2-3)cc1. The van der Waals surface area contributed by atoms with Crippen molar-refractivity contribution in [2.75, 3.05) is 0 Å². The van der Waals surface area contributed by atoms with E-state index in [1.165, 1.54) is 90.3 Å². The first-order valence-electron chi connectivity index (χ1n) is 11.2. The van der Waals surface area contributed by atoms with Crippen molar-refractivity contribution in [1.29, 1.82) is 0 Å². The molecule has 0 heteroatoms. The number of fused-ring (bicyclic) bond motifs is 3. The first-order valence-corrected chi connectivity index (χ1v) is 11.2. The van der Waals surface area contributed by atoms with Gasteiger partial charge < -0.3 is 0 Å². The molecular formula is C28H32. The summed E-state index contributed by atoms with van der Waals surface area (Å²) >= 11 is 0. The number of hydrogen-bond donors (Lipinski definition) is 0. The van der Waals surface area contributed by atoms with Crippen LogP contribution < -0.4 is 0 Å². The van der Waals surface area contributed by atoms with E-state index < -0.39 is 0 Å². The normalized spacial score (nSPS) is 12.0. The molecule has 0 unspecified atom stereocenters. The van der Waals surface area contributed by atoms with Crippen LogP contribution in [-0.4, -0.2) is 0 Å². The van der Waals surface area contributed by atoms with Gasteiger partial charge in [-0.25, -0.2) is 0 Å². The molecule has 3 aromatic rings. The largest absolute Gasteiger partial charge is 0.0654 e. The molecule has 0 fully saturated rings. The molecule has 0 spiro atoms. The van der Waals surface area contributed by atoms with Gasteiger partial charge in [-0.3, -0.25) is 0 Å². The average Bonchev–Trinajstić information content (AvgIpc) is 3.12. The van der Waals surface area contributed by atoms with Crippen molar-refractivity contribution in [1.82, 2.24) is 0 Å². The van der Waals surface area contributed by atoms with Crippen LogP contribution in [0.15, 0.2) is 66.7 Å². The van der Waals surface area contributed by atoms with E-state index in [2.05, 4.69) is 73.7 Å². The van der Waals surface area contributed by atoms with Crippen molar-refractivity contribution < 1.29 is 0 Å². The molecule has 0 aliphatic heterocycles. The maximum Gasteiger partial charge on any atom is -0.000729 e. The molecule has 0 bridgehead atoms. The molecule has 0 nitrogen and oxygen atoms in total. The Morgan fingerprint density at radius 2 is 1.29 bits per heavy atom. The lowest BCUT2D eigenvalue weighted by Gasteiger charge is -2.10. The van der Waals surface area contributed by atoms with E-state index in [0.717, 1.165) is 6.42 Å². The second kappa shape index (κ2) is 9.24. The third-order valence-corrected chi connectivity index (χ3v) is 6.18. The fourth-order valence-electron chi connectivity index (χ4n) is 4.56.